The molecule has 2 heterocycles. The van der Waals surface area contributed by atoms with Crippen LogP contribution in [0.15, 0.2) is 28.9 Å². The molecule has 2 aliphatic rings. The third-order valence-corrected chi connectivity index (χ3v) is 4.92. The van der Waals surface area contributed by atoms with Crippen molar-refractivity contribution in [1.82, 2.24) is 4.90 Å². The van der Waals surface area contributed by atoms with E-state index in [9.17, 15) is 0 Å². The van der Waals surface area contributed by atoms with E-state index < -0.39 is 0 Å². The third-order valence-electron chi connectivity index (χ3n) is 4.92. The first kappa shape index (κ1) is 11.5. The van der Waals surface area contributed by atoms with E-state index in [4.69, 9.17) is 4.42 Å². The summed E-state index contributed by atoms with van der Waals surface area (Å²) in [4.78, 5) is 2.72. The zero-order valence-corrected chi connectivity index (χ0v) is 11.4. The molecule has 19 heavy (non-hydrogen) atoms. The van der Waals surface area contributed by atoms with E-state index in [1.54, 1.807) is 0 Å². The lowest BCUT2D eigenvalue weighted by Gasteiger charge is -2.37. The fraction of sp³-hybridized carbons (Fsp3) is 0.529. The van der Waals surface area contributed by atoms with Crippen molar-refractivity contribution in [2.45, 2.75) is 44.6 Å². The summed E-state index contributed by atoms with van der Waals surface area (Å²) >= 11 is 0. The summed E-state index contributed by atoms with van der Waals surface area (Å²) in [5.41, 5.74) is 4.12. The van der Waals surface area contributed by atoms with Gasteiger partial charge in [0.15, 0.2) is 0 Å². The first-order valence-corrected chi connectivity index (χ1v) is 7.64. The number of fused-ring (bicyclic) bond motifs is 3. The average molecular weight is 255 g/mol. The molecule has 2 nitrogen and oxygen atoms in total. The van der Waals surface area contributed by atoms with Crippen molar-refractivity contribution in [3.8, 4) is 0 Å². The molecule has 1 aromatic heterocycles. The number of nitrogens with zero attached hydrogens (tertiary/aromatic N) is 1. The molecule has 100 valence electrons. The summed E-state index contributed by atoms with van der Waals surface area (Å²) in [6.45, 7) is 2.60. The van der Waals surface area contributed by atoms with Crippen LogP contribution < -0.4 is 0 Å². The summed E-state index contributed by atoms with van der Waals surface area (Å²) in [5.74, 6) is 0. The van der Waals surface area contributed by atoms with Gasteiger partial charge in [0.2, 0.25) is 0 Å². The minimum absolute atomic E-state index is 0.739. The van der Waals surface area contributed by atoms with E-state index in [-0.39, 0.29) is 0 Å². The van der Waals surface area contributed by atoms with Gasteiger partial charge in [-0.3, -0.25) is 0 Å². The van der Waals surface area contributed by atoms with Crippen LogP contribution in [0.3, 0.4) is 0 Å². The van der Waals surface area contributed by atoms with Crippen LogP contribution in [0.25, 0.3) is 11.0 Å². The van der Waals surface area contributed by atoms with E-state index in [0.29, 0.717) is 0 Å². The van der Waals surface area contributed by atoms with Gasteiger partial charge in [-0.15, -0.1) is 0 Å². The SMILES string of the molecule is c1cc2ccc3c(c2o1)CC(N1CCCCC1)CC3. The van der Waals surface area contributed by atoms with Crippen molar-refractivity contribution in [3.63, 3.8) is 0 Å². The van der Waals surface area contributed by atoms with Gasteiger partial charge >= 0.3 is 0 Å². The van der Waals surface area contributed by atoms with E-state index in [1.165, 1.54) is 68.1 Å². The normalized spacial score (nSPS) is 24.5. The number of hydrogen-bond acceptors (Lipinski definition) is 2. The molecule has 0 amide bonds. The van der Waals surface area contributed by atoms with Gasteiger partial charge in [0.25, 0.3) is 0 Å². The van der Waals surface area contributed by atoms with E-state index in [1.807, 2.05) is 6.26 Å². The van der Waals surface area contributed by atoms with Crippen LogP contribution in [-0.4, -0.2) is 24.0 Å². The van der Waals surface area contributed by atoms with Gasteiger partial charge < -0.3 is 9.32 Å². The Labute approximate surface area is 114 Å². The minimum Gasteiger partial charge on any atom is -0.464 e. The highest BCUT2D eigenvalue weighted by atomic mass is 16.3. The van der Waals surface area contributed by atoms with E-state index in [2.05, 4.69) is 23.1 Å². The molecule has 4 rings (SSSR count). The first-order valence-electron chi connectivity index (χ1n) is 7.64. The number of furan rings is 1. The van der Waals surface area contributed by atoms with Crippen molar-refractivity contribution in [2.24, 2.45) is 0 Å². The molecule has 2 heteroatoms. The largest absolute Gasteiger partial charge is 0.464 e. The molecule has 2 aromatic rings. The lowest BCUT2D eigenvalue weighted by Crippen LogP contribution is -2.42. The van der Waals surface area contributed by atoms with Gasteiger partial charge in [-0.25, -0.2) is 0 Å². The highest BCUT2D eigenvalue weighted by Gasteiger charge is 2.27. The number of rotatable bonds is 1. The van der Waals surface area contributed by atoms with Gasteiger partial charge in [-0.2, -0.15) is 0 Å². The predicted octanol–water partition coefficient (Wildman–Crippen LogP) is 3.78. The molecular formula is C17H21NO. The van der Waals surface area contributed by atoms with Gasteiger partial charge in [0, 0.05) is 17.0 Å². The number of likely N-dealkylation sites (tertiary alicyclic amines) is 1. The molecule has 1 aliphatic carbocycles. The van der Waals surface area contributed by atoms with Gasteiger partial charge in [-0.05, 0) is 56.8 Å². The monoisotopic (exact) mass is 255 g/mol. The van der Waals surface area contributed by atoms with Crippen LogP contribution in [0.5, 0.6) is 0 Å². The molecule has 1 aromatic carbocycles. The summed E-state index contributed by atoms with van der Waals surface area (Å²) in [6, 6.07) is 7.34. The average Bonchev–Trinajstić information content (AvgIpc) is 2.96. The molecule has 0 spiro atoms. The summed E-state index contributed by atoms with van der Waals surface area (Å²) < 4.78 is 5.73. The second kappa shape index (κ2) is 4.68. The second-order valence-corrected chi connectivity index (χ2v) is 6.04. The van der Waals surface area contributed by atoms with Crippen LogP contribution in [0, 0.1) is 0 Å². The maximum absolute atomic E-state index is 5.73. The van der Waals surface area contributed by atoms with Crippen molar-refractivity contribution in [2.75, 3.05) is 13.1 Å². The Hall–Kier alpha value is -1.28. The second-order valence-electron chi connectivity index (χ2n) is 6.04. The van der Waals surface area contributed by atoms with Crippen molar-refractivity contribution in [3.05, 3.63) is 35.6 Å². The lowest BCUT2D eigenvalue weighted by atomic mass is 9.86. The predicted molar refractivity (Wildman–Crippen MR) is 77.5 cm³/mol. The third kappa shape index (κ3) is 1.99. The Morgan fingerprint density at radius 3 is 2.84 bits per heavy atom. The zero-order chi connectivity index (χ0) is 12.7. The van der Waals surface area contributed by atoms with Crippen molar-refractivity contribution >= 4 is 11.0 Å². The zero-order valence-electron chi connectivity index (χ0n) is 11.4. The van der Waals surface area contributed by atoms with Crippen molar-refractivity contribution < 1.29 is 4.42 Å². The Bertz CT molecular complexity index is 580. The first-order chi connectivity index (χ1) is 9.42. The summed E-state index contributed by atoms with van der Waals surface area (Å²) in [7, 11) is 0. The van der Waals surface area contributed by atoms with Crippen molar-refractivity contribution in [1.29, 1.82) is 0 Å². The standard InChI is InChI=1S/C17H21NO/c1-2-9-18(10-3-1)15-7-6-13-4-5-14-8-11-19-17(14)16(13)12-15/h4-5,8,11,15H,1-3,6-7,9-10,12H2. The lowest BCUT2D eigenvalue weighted by molar-refractivity contribution is 0.150. The maximum atomic E-state index is 5.73. The molecule has 0 radical (unpaired) electrons. The van der Waals surface area contributed by atoms with E-state index in [0.717, 1.165) is 11.6 Å². The Kier molecular flexibility index (Phi) is 2.84. The quantitative estimate of drug-likeness (QED) is 0.771. The molecule has 1 saturated heterocycles. The molecular weight excluding hydrogens is 234 g/mol. The Morgan fingerprint density at radius 1 is 1.05 bits per heavy atom. The number of hydrogen-bond donors (Lipinski definition) is 0. The Morgan fingerprint density at radius 2 is 1.95 bits per heavy atom. The van der Waals surface area contributed by atoms with Crippen LogP contribution in [-0.2, 0) is 12.8 Å². The van der Waals surface area contributed by atoms with Gasteiger partial charge in [0.05, 0.1) is 6.26 Å². The fourth-order valence-corrected chi connectivity index (χ4v) is 3.85. The fourth-order valence-electron chi connectivity index (χ4n) is 3.85. The smallest absolute Gasteiger partial charge is 0.137 e. The maximum Gasteiger partial charge on any atom is 0.137 e. The molecule has 1 fully saturated rings. The molecule has 0 N–H and O–H groups in total. The Balaban J connectivity index is 1.66. The summed E-state index contributed by atoms with van der Waals surface area (Å²) in [5, 5.41) is 1.26. The molecule has 1 aliphatic heterocycles. The topological polar surface area (TPSA) is 16.4 Å². The van der Waals surface area contributed by atoms with Crippen LogP contribution in [0.2, 0.25) is 0 Å². The molecule has 0 bridgehead atoms. The molecule has 1 unspecified atom stereocenters. The van der Waals surface area contributed by atoms with Crippen LogP contribution >= 0.6 is 0 Å². The molecule has 0 saturated carbocycles. The number of piperidine rings is 1. The number of aryl methyl sites for hydroxylation is 1. The molecule has 1 atom stereocenters. The van der Waals surface area contributed by atoms with Crippen LogP contribution in [0.1, 0.15) is 36.8 Å². The minimum atomic E-state index is 0.739. The van der Waals surface area contributed by atoms with Crippen LogP contribution in [0.4, 0.5) is 0 Å². The summed E-state index contributed by atoms with van der Waals surface area (Å²) in [6.07, 6.45) is 9.73. The highest BCUT2D eigenvalue weighted by molar-refractivity contribution is 5.81. The van der Waals surface area contributed by atoms with Gasteiger partial charge in [-0.1, -0.05) is 18.6 Å². The van der Waals surface area contributed by atoms with Gasteiger partial charge in [0.1, 0.15) is 5.58 Å². The van der Waals surface area contributed by atoms with E-state index >= 15 is 0 Å². The highest BCUT2D eigenvalue weighted by Crippen LogP contribution is 2.32. The number of benzene rings is 1.